The predicted octanol–water partition coefficient (Wildman–Crippen LogP) is 3.97. The average Bonchev–Trinajstić information content (AvgIpc) is 3.01. The SMILES string of the molecule is CCc1nc(N2CCN(C(=O)c3ccccc3F)CC2)c2c(C)c(C)sc2n1. The van der Waals surface area contributed by atoms with Crippen molar-refractivity contribution in [3.63, 3.8) is 0 Å². The second kappa shape index (κ2) is 7.47. The van der Waals surface area contributed by atoms with E-state index in [2.05, 4.69) is 25.7 Å². The van der Waals surface area contributed by atoms with Gasteiger partial charge in [-0.3, -0.25) is 4.79 Å². The maximum Gasteiger partial charge on any atom is 0.256 e. The van der Waals surface area contributed by atoms with Gasteiger partial charge in [-0.25, -0.2) is 14.4 Å². The summed E-state index contributed by atoms with van der Waals surface area (Å²) in [5.74, 6) is 1.09. The van der Waals surface area contributed by atoms with Crippen LogP contribution in [0.4, 0.5) is 10.2 Å². The number of rotatable bonds is 3. The number of carbonyl (C=O) groups is 1. The number of fused-ring (bicyclic) bond motifs is 1. The van der Waals surface area contributed by atoms with E-state index in [0.29, 0.717) is 26.2 Å². The van der Waals surface area contributed by atoms with E-state index in [-0.39, 0.29) is 11.5 Å². The van der Waals surface area contributed by atoms with Crippen molar-refractivity contribution in [3.8, 4) is 0 Å². The zero-order chi connectivity index (χ0) is 19.8. The lowest BCUT2D eigenvalue weighted by molar-refractivity contribution is 0.0742. The van der Waals surface area contributed by atoms with Crippen LogP contribution in [0.3, 0.4) is 0 Å². The summed E-state index contributed by atoms with van der Waals surface area (Å²) >= 11 is 1.71. The lowest BCUT2D eigenvalue weighted by Crippen LogP contribution is -2.49. The third-order valence-corrected chi connectivity index (χ3v) is 6.44. The highest BCUT2D eigenvalue weighted by molar-refractivity contribution is 7.18. The van der Waals surface area contributed by atoms with Gasteiger partial charge in [0.25, 0.3) is 5.91 Å². The Bertz CT molecular complexity index is 1040. The molecule has 0 bridgehead atoms. The number of hydrogen-bond donors (Lipinski definition) is 0. The number of anilines is 1. The minimum absolute atomic E-state index is 0.137. The van der Waals surface area contributed by atoms with Crippen molar-refractivity contribution in [1.82, 2.24) is 14.9 Å². The molecular weight excluding hydrogens is 375 g/mol. The number of thiophene rings is 1. The molecule has 1 aliphatic rings. The second-order valence-electron chi connectivity index (χ2n) is 7.04. The maximum absolute atomic E-state index is 14.0. The van der Waals surface area contributed by atoms with E-state index < -0.39 is 5.82 Å². The average molecular weight is 399 g/mol. The molecule has 0 spiro atoms. The summed E-state index contributed by atoms with van der Waals surface area (Å²) in [6, 6.07) is 6.16. The van der Waals surface area contributed by atoms with Crippen LogP contribution in [0.15, 0.2) is 24.3 Å². The summed E-state index contributed by atoms with van der Waals surface area (Å²) in [6.45, 7) is 8.72. The zero-order valence-electron chi connectivity index (χ0n) is 16.3. The normalized spacial score (nSPS) is 14.7. The number of aromatic nitrogens is 2. The van der Waals surface area contributed by atoms with Gasteiger partial charge in [0, 0.05) is 37.5 Å². The minimum Gasteiger partial charge on any atom is -0.352 e. The van der Waals surface area contributed by atoms with Gasteiger partial charge in [0.1, 0.15) is 22.3 Å². The van der Waals surface area contributed by atoms with Gasteiger partial charge in [0.05, 0.1) is 10.9 Å². The summed E-state index contributed by atoms with van der Waals surface area (Å²) in [5.41, 5.74) is 1.36. The quantitative estimate of drug-likeness (QED) is 0.670. The Morgan fingerprint density at radius 2 is 1.86 bits per heavy atom. The molecule has 1 amide bonds. The molecule has 7 heteroatoms. The monoisotopic (exact) mass is 398 g/mol. The predicted molar refractivity (Wildman–Crippen MR) is 111 cm³/mol. The van der Waals surface area contributed by atoms with Crippen molar-refractivity contribution >= 4 is 33.3 Å². The summed E-state index contributed by atoms with van der Waals surface area (Å²) in [4.78, 5) is 28.4. The maximum atomic E-state index is 14.0. The molecule has 146 valence electrons. The minimum atomic E-state index is -0.468. The van der Waals surface area contributed by atoms with Crippen molar-refractivity contribution in [3.05, 3.63) is 51.9 Å². The van der Waals surface area contributed by atoms with Crippen LogP contribution >= 0.6 is 11.3 Å². The molecule has 1 saturated heterocycles. The Morgan fingerprint density at radius 1 is 1.14 bits per heavy atom. The van der Waals surface area contributed by atoms with Gasteiger partial charge in [0.2, 0.25) is 0 Å². The van der Waals surface area contributed by atoms with Gasteiger partial charge < -0.3 is 9.80 Å². The van der Waals surface area contributed by atoms with Crippen molar-refractivity contribution in [1.29, 1.82) is 0 Å². The van der Waals surface area contributed by atoms with Gasteiger partial charge in [-0.15, -0.1) is 11.3 Å². The summed E-state index contributed by atoms with van der Waals surface area (Å²) in [7, 11) is 0. The molecule has 3 aromatic rings. The summed E-state index contributed by atoms with van der Waals surface area (Å²) in [5, 5.41) is 1.12. The molecule has 2 aromatic heterocycles. The lowest BCUT2D eigenvalue weighted by atomic mass is 10.1. The van der Waals surface area contributed by atoms with E-state index in [1.165, 1.54) is 16.5 Å². The molecule has 1 fully saturated rings. The van der Waals surface area contributed by atoms with Crippen LogP contribution in [0.2, 0.25) is 0 Å². The molecule has 1 aromatic carbocycles. The number of aryl methyl sites for hydroxylation is 3. The lowest BCUT2D eigenvalue weighted by Gasteiger charge is -2.36. The van der Waals surface area contributed by atoms with Crippen LogP contribution in [-0.4, -0.2) is 47.0 Å². The highest BCUT2D eigenvalue weighted by atomic mass is 32.1. The molecule has 5 nitrogen and oxygen atoms in total. The van der Waals surface area contributed by atoms with Crippen LogP contribution in [0.5, 0.6) is 0 Å². The fourth-order valence-electron chi connectivity index (χ4n) is 3.58. The van der Waals surface area contributed by atoms with Crippen molar-refractivity contribution < 1.29 is 9.18 Å². The molecule has 28 heavy (non-hydrogen) atoms. The van der Waals surface area contributed by atoms with E-state index in [1.807, 2.05) is 0 Å². The number of piperazine rings is 1. The number of hydrogen-bond acceptors (Lipinski definition) is 5. The highest BCUT2D eigenvalue weighted by Gasteiger charge is 2.26. The smallest absolute Gasteiger partial charge is 0.256 e. The fourth-order valence-corrected chi connectivity index (χ4v) is 4.63. The third kappa shape index (κ3) is 3.24. The first-order valence-electron chi connectivity index (χ1n) is 9.55. The van der Waals surface area contributed by atoms with Gasteiger partial charge >= 0.3 is 0 Å². The third-order valence-electron chi connectivity index (χ3n) is 5.34. The molecule has 4 rings (SSSR count). The highest BCUT2D eigenvalue weighted by Crippen LogP contribution is 2.35. The Morgan fingerprint density at radius 3 is 2.54 bits per heavy atom. The largest absolute Gasteiger partial charge is 0.352 e. The van der Waals surface area contributed by atoms with Crippen LogP contribution in [-0.2, 0) is 6.42 Å². The first kappa shape index (κ1) is 18.8. The Kier molecular flexibility index (Phi) is 5.02. The molecule has 0 N–H and O–H groups in total. The van der Waals surface area contributed by atoms with Gasteiger partial charge in [-0.2, -0.15) is 0 Å². The molecule has 0 unspecified atom stereocenters. The van der Waals surface area contributed by atoms with E-state index in [1.54, 1.807) is 34.4 Å². The number of amides is 1. The van der Waals surface area contributed by atoms with E-state index >= 15 is 0 Å². The standard InChI is InChI=1S/C21H23FN4OS/c1-4-17-23-19(18-13(2)14(3)28-20(18)24-17)25-9-11-26(12-10-25)21(27)15-7-5-6-8-16(15)22/h5-8H,4,9-12H2,1-3H3. The van der Waals surface area contributed by atoms with Gasteiger partial charge in [-0.1, -0.05) is 19.1 Å². The van der Waals surface area contributed by atoms with E-state index in [9.17, 15) is 9.18 Å². The van der Waals surface area contributed by atoms with Crippen LogP contribution < -0.4 is 4.90 Å². The van der Waals surface area contributed by atoms with E-state index in [4.69, 9.17) is 9.97 Å². The second-order valence-corrected chi connectivity index (χ2v) is 8.24. The first-order chi connectivity index (χ1) is 13.5. The van der Waals surface area contributed by atoms with Crippen molar-refractivity contribution in [2.24, 2.45) is 0 Å². The summed E-state index contributed by atoms with van der Waals surface area (Å²) in [6.07, 6.45) is 0.782. The van der Waals surface area contributed by atoms with E-state index in [0.717, 1.165) is 28.3 Å². The fraction of sp³-hybridized carbons (Fsp3) is 0.381. The van der Waals surface area contributed by atoms with Crippen LogP contribution in [0, 0.1) is 19.7 Å². The Balaban J connectivity index is 1.59. The number of halogens is 1. The Hall–Kier alpha value is -2.54. The molecule has 1 aliphatic heterocycles. The van der Waals surface area contributed by atoms with Crippen LogP contribution in [0.25, 0.3) is 10.2 Å². The molecular formula is C21H23FN4OS. The number of nitrogens with zero attached hydrogens (tertiary/aromatic N) is 4. The molecule has 0 saturated carbocycles. The van der Waals surface area contributed by atoms with Gasteiger partial charge in [0.15, 0.2) is 0 Å². The Labute approximate surface area is 167 Å². The number of carbonyl (C=O) groups excluding carboxylic acids is 1. The summed E-state index contributed by atoms with van der Waals surface area (Å²) < 4.78 is 14.0. The molecule has 0 aliphatic carbocycles. The number of benzene rings is 1. The first-order valence-corrected chi connectivity index (χ1v) is 10.4. The van der Waals surface area contributed by atoms with Gasteiger partial charge in [-0.05, 0) is 31.5 Å². The topological polar surface area (TPSA) is 49.3 Å². The zero-order valence-corrected chi connectivity index (χ0v) is 17.1. The van der Waals surface area contributed by atoms with Crippen molar-refractivity contribution in [2.45, 2.75) is 27.2 Å². The molecule has 0 radical (unpaired) electrons. The van der Waals surface area contributed by atoms with Crippen LogP contribution in [0.1, 0.15) is 33.5 Å². The molecule has 3 heterocycles. The molecule has 0 atom stereocenters. The van der Waals surface area contributed by atoms with Crippen molar-refractivity contribution in [2.75, 3.05) is 31.1 Å².